The van der Waals surface area contributed by atoms with Gasteiger partial charge in [0.25, 0.3) is 0 Å². The van der Waals surface area contributed by atoms with Crippen molar-refractivity contribution in [1.29, 1.82) is 0 Å². The lowest BCUT2D eigenvalue weighted by Crippen LogP contribution is -2.02. The fourth-order valence-electron chi connectivity index (χ4n) is 1.14. The summed E-state index contributed by atoms with van der Waals surface area (Å²) in [5.74, 6) is 0. The first-order valence-electron chi connectivity index (χ1n) is 4.04. The molecule has 2 nitrogen and oxygen atoms in total. The zero-order chi connectivity index (χ0) is 8.97. The molecule has 0 amide bonds. The van der Waals surface area contributed by atoms with Crippen LogP contribution in [0.5, 0.6) is 0 Å². The first-order valence-corrected chi connectivity index (χ1v) is 4.04. The molecule has 0 fully saturated rings. The number of nitrogens with two attached hydrogens (primary N) is 1. The molecule has 0 saturated carbocycles. The number of nitrogens with one attached hydrogen (secondary N) is 1. The van der Waals surface area contributed by atoms with E-state index in [1.165, 1.54) is 0 Å². The van der Waals surface area contributed by atoms with Gasteiger partial charge in [-0.3, -0.25) is 0 Å². The number of rotatable bonds is 3. The van der Waals surface area contributed by atoms with Crippen molar-refractivity contribution >= 4 is 17.5 Å². The van der Waals surface area contributed by atoms with E-state index in [-0.39, 0.29) is 0 Å². The highest BCUT2D eigenvalue weighted by Crippen LogP contribution is 2.23. The van der Waals surface area contributed by atoms with Crippen molar-refractivity contribution in [2.75, 3.05) is 17.6 Å². The van der Waals surface area contributed by atoms with Gasteiger partial charge in [0.2, 0.25) is 0 Å². The molecule has 64 valence electrons. The third-order valence-electron chi connectivity index (χ3n) is 1.70. The molecule has 0 saturated heterocycles. The molecule has 0 aliphatic rings. The van der Waals surface area contributed by atoms with E-state index < -0.39 is 0 Å². The minimum absolute atomic E-state index is 0.772. The van der Waals surface area contributed by atoms with Crippen molar-refractivity contribution in [2.24, 2.45) is 0 Å². The second-order valence-electron chi connectivity index (χ2n) is 2.55. The lowest BCUT2D eigenvalue weighted by molar-refractivity contribution is 1.21. The van der Waals surface area contributed by atoms with E-state index in [9.17, 15) is 0 Å². The van der Waals surface area contributed by atoms with Gasteiger partial charge in [-0.15, -0.1) is 0 Å². The van der Waals surface area contributed by atoms with Crippen molar-refractivity contribution < 1.29 is 0 Å². The average molecular weight is 162 g/mol. The van der Waals surface area contributed by atoms with Crippen LogP contribution < -0.4 is 11.1 Å². The van der Waals surface area contributed by atoms with Crippen LogP contribution in [0.25, 0.3) is 6.08 Å². The molecule has 3 N–H and O–H groups in total. The maximum absolute atomic E-state index is 5.77. The highest BCUT2D eigenvalue weighted by Gasteiger charge is 2.00. The first kappa shape index (κ1) is 8.65. The Morgan fingerprint density at radius 1 is 1.58 bits per heavy atom. The van der Waals surface area contributed by atoms with Gasteiger partial charge in [0, 0.05) is 6.54 Å². The van der Waals surface area contributed by atoms with Crippen molar-refractivity contribution in [1.82, 2.24) is 0 Å². The Labute approximate surface area is 73.1 Å². The molecule has 1 aromatic carbocycles. The van der Waals surface area contributed by atoms with Crippen molar-refractivity contribution in [3.63, 3.8) is 0 Å². The number of hydrogen-bond donors (Lipinski definition) is 2. The highest BCUT2D eigenvalue weighted by atomic mass is 14.9. The van der Waals surface area contributed by atoms with Crippen LogP contribution in [0.15, 0.2) is 24.8 Å². The minimum atomic E-state index is 0.772. The summed E-state index contributed by atoms with van der Waals surface area (Å²) in [7, 11) is 0. The van der Waals surface area contributed by atoms with E-state index in [1.54, 1.807) is 6.08 Å². The van der Waals surface area contributed by atoms with Gasteiger partial charge in [-0.1, -0.05) is 24.8 Å². The smallest absolute Gasteiger partial charge is 0.0647 e. The minimum Gasteiger partial charge on any atom is -0.397 e. The van der Waals surface area contributed by atoms with Gasteiger partial charge in [-0.2, -0.15) is 0 Å². The van der Waals surface area contributed by atoms with Crippen molar-refractivity contribution in [3.05, 3.63) is 30.3 Å². The molecule has 0 spiro atoms. The van der Waals surface area contributed by atoms with E-state index in [1.807, 2.05) is 25.1 Å². The molecule has 0 radical (unpaired) electrons. The summed E-state index contributed by atoms with van der Waals surface area (Å²) in [6.07, 6.45) is 1.80. The molecule has 0 aliphatic carbocycles. The molecular weight excluding hydrogens is 148 g/mol. The summed E-state index contributed by atoms with van der Waals surface area (Å²) in [6.45, 7) is 6.63. The molecule has 0 aromatic heterocycles. The summed E-state index contributed by atoms with van der Waals surface area (Å²) in [5.41, 5.74) is 8.58. The molecule has 0 heterocycles. The average Bonchev–Trinajstić information content (AvgIpc) is 2.09. The Morgan fingerprint density at radius 3 is 2.92 bits per heavy atom. The van der Waals surface area contributed by atoms with Gasteiger partial charge < -0.3 is 11.1 Å². The van der Waals surface area contributed by atoms with E-state index in [0.717, 1.165) is 23.5 Å². The van der Waals surface area contributed by atoms with Crippen LogP contribution in [0.4, 0.5) is 11.4 Å². The molecule has 1 rings (SSSR count). The van der Waals surface area contributed by atoms with Gasteiger partial charge in [0.1, 0.15) is 0 Å². The molecular formula is C10H14N2. The molecule has 0 aliphatic heterocycles. The standard InChI is InChI=1S/C10H14N2/c1-3-8-6-5-7-9(11)10(8)12-4-2/h3,5-7,12H,1,4,11H2,2H3. The fourth-order valence-corrected chi connectivity index (χ4v) is 1.14. The fraction of sp³-hybridized carbons (Fsp3) is 0.200. The molecule has 0 atom stereocenters. The number of nitrogen functional groups attached to an aromatic ring is 1. The monoisotopic (exact) mass is 162 g/mol. The maximum Gasteiger partial charge on any atom is 0.0647 e. The van der Waals surface area contributed by atoms with Gasteiger partial charge in [-0.05, 0) is 18.6 Å². The van der Waals surface area contributed by atoms with Crippen LogP contribution in [0.1, 0.15) is 12.5 Å². The van der Waals surface area contributed by atoms with Crippen LogP contribution >= 0.6 is 0 Å². The van der Waals surface area contributed by atoms with E-state index in [4.69, 9.17) is 5.73 Å². The number of para-hydroxylation sites is 1. The van der Waals surface area contributed by atoms with Gasteiger partial charge in [0.15, 0.2) is 0 Å². The Kier molecular flexibility index (Phi) is 2.75. The van der Waals surface area contributed by atoms with Crippen LogP contribution in [-0.2, 0) is 0 Å². The Hall–Kier alpha value is -1.44. The van der Waals surface area contributed by atoms with Crippen LogP contribution in [0.3, 0.4) is 0 Å². The predicted molar refractivity (Wildman–Crippen MR) is 55.1 cm³/mol. The second-order valence-corrected chi connectivity index (χ2v) is 2.55. The Bertz CT molecular complexity index is 279. The van der Waals surface area contributed by atoms with Crippen LogP contribution in [-0.4, -0.2) is 6.54 Å². The van der Waals surface area contributed by atoms with E-state index in [0.29, 0.717) is 0 Å². The summed E-state index contributed by atoms with van der Waals surface area (Å²) >= 11 is 0. The predicted octanol–water partition coefficient (Wildman–Crippen LogP) is 2.34. The van der Waals surface area contributed by atoms with Gasteiger partial charge in [-0.25, -0.2) is 0 Å². The molecule has 2 heteroatoms. The van der Waals surface area contributed by atoms with Crippen molar-refractivity contribution in [3.8, 4) is 0 Å². The number of benzene rings is 1. The van der Waals surface area contributed by atoms with Gasteiger partial charge in [0.05, 0.1) is 11.4 Å². The van der Waals surface area contributed by atoms with Gasteiger partial charge >= 0.3 is 0 Å². The highest BCUT2D eigenvalue weighted by molar-refractivity contribution is 5.77. The zero-order valence-electron chi connectivity index (χ0n) is 7.30. The SMILES string of the molecule is C=Cc1cccc(N)c1NCC. The lowest BCUT2D eigenvalue weighted by atomic mass is 10.1. The topological polar surface area (TPSA) is 38.0 Å². The maximum atomic E-state index is 5.77. The Morgan fingerprint density at radius 2 is 2.33 bits per heavy atom. The van der Waals surface area contributed by atoms with E-state index in [2.05, 4.69) is 11.9 Å². The third-order valence-corrected chi connectivity index (χ3v) is 1.70. The van der Waals surface area contributed by atoms with Crippen LogP contribution in [0, 0.1) is 0 Å². The largest absolute Gasteiger partial charge is 0.397 e. The number of hydrogen-bond acceptors (Lipinski definition) is 2. The Balaban J connectivity index is 3.10. The van der Waals surface area contributed by atoms with Crippen LogP contribution in [0.2, 0.25) is 0 Å². The molecule has 12 heavy (non-hydrogen) atoms. The van der Waals surface area contributed by atoms with E-state index >= 15 is 0 Å². The summed E-state index contributed by atoms with van der Waals surface area (Å²) < 4.78 is 0. The van der Waals surface area contributed by atoms with Crippen molar-refractivity contribution in [2.45, 2.75) is 6.92 Å². The first-order chi connectivity index (χ1) is 5.79. The quantitative estimate of drug-likeness (QED) is 0.669. The molecule has 0 unspecified atom stereocenters. The summed E-state index contributed by atoms with van der Waals surface area (Å²) in [4.78, 5) is 0. The lowest BCUT2D eigenvalue weighted by Gasteiger charge is -2.09. The molecule has 0 bridgehead atoms. The summed E-state index contributed by atoms with van der Waals surface area (Å²) in [5, 5.41) is 3.20. The zero-order valence-corrected chi connectivity index (χ0v) is 7.30. The normalized spacial score (nSPS) is 9.42. The second kappa shape index (κ2) is 3.81. The molecule has 1 aromatic rings. The number of anilines is 2. The summed E-state index contributed by atoms with van der Waals surface area (Å²) in [6, 6.07) is 5.79. The third kappa shape index (κ3) is 1.59.